The van der Waals surface area contributed by atoms with Crippen LogP contribution in [0.25, 0.3) is 0 Å². The van der Waals surface area contributed by atoms with Gasteiger partial charge in [0.1, 0.15) is 0 Å². The van der Waals surface area contributed by atoms with Crippen molar-refractivity contribution >= 4 is 6.21 Å². The van der Waals surface area contributed by atoms with Crippen LogP contribution in [0.5, 0.6) is 0 Å². The van der Waals surface area contributed by atoms with Gasteiger partial charge in [-0.3, -0.25) is 0 Å². The molecule has 0 rings (SSSR count). The van der Waals surface area contributed by atoms with Crippen molar-refractivity contribution in [3.05, 3.63) is 12.3 Å². The first-order valence-electron chi connectivity index (χ1n) is 1.29. The van der Waals surface area contributed by atoms with Gasteiger partial charge in [0, 0.05) is 6.21 Å². The third-order valence-corrected chi connectivity index (χ3v) is 0.207. The number of hydrogen-bond acceptors (Lipinski definition) is 2. The predicted molar refractivity (Wildman–Crippen MR) is 22.1 cm³/mol. The number of rotatable bonds is 1. The lowest BCUT2D eigenvalue weighted by molar-refractivity contribution is 1.56. The van der Waals surface area contributed by atoms with E-state index in [1.807, 2.05) is 0 Å². The molecular weight excluding hydrogens is 64.0 g/mol. The van der Waals surface area contributed by atoms with Gasteiger partial charge in [-0.15, -0.1) is 0 Å². The van der Waals surface area contributed by atoms with Gasteiger partial charge in [0.25, 0.3) is 0 Å². The van der Waals surface area contributed by atoms with Crippen LogP contribution in [0.15, 0.2) is 12.3 Å². The van der Waals surface area contributed by atoms with Crippen LogP contribution in [0, 0.1) is 5.41 Å². The van der Waals surface area contributed by atoms with Crippen molar-refractivity contribution in [2.24, 2.45) is 5.73 Å². The van der Waals surface area contributed by atoms with Gasteiger partial charge in [-0.25, -0.2) is 0 Å². The molecule has 0 saturated heterocycles. The molecule has 0 spiro atoms. The molecule has 0 aliphatic heterocycles. The van der Waals surface area contributed by atoms with E-state index in [0.29, 0.717) is 0 Å². The van der Waals surface area contributed by atoms with E-state index in [1.54, 1.807) is 0 Å². The van der Waals surface area contributed by atoms with E-state index in [0.717, 1.165) is 6.21 Å². The highest BCUT2D eigenvalue weighted by molar-refractivity contribution is 5.67. The van der Waals surface area contributed by atoms with Crippen LogP contribution in [0.4, 0.5) is 0 Å². The summed E-state index contributed by atoms with van der Waals surface area (Å²) in [6.45, 7) is 0. The average Bonchev–Trinajstić information content (AvgIpc) is 1.41. The van der Waals surface area contributed by atoms with E-state index < -0.39 is 0 Å². The Kier molecular flexibility index (Phi) is 2.70. The summed E-state index contributed by atoms with van der Waals surface area (Å²) in [5, 5.41) is 6.31. The van der Waals surface area contributed by atoms with Gasteiger partial charge in [-0.1, -0.05) is 0 Å². The SMILES string of the molecule is N=C/C=C\N. The summed E-state index contributed by atoms with van der Waals surface area (Å²) in [5.74, 6) is 0. The predicted octanol–water partition coefficient (Wildman–Crippen LogP) is 0.108. The van der Waals surface area contributed by atoms with Crippen LogP contribution < -0.4 is 5.73 Å². The second-order valence-electron chi connectivity index (χ2n) is 0.552. The zero-order valence-electron chi connectivity index (χ0n) is 2.81. The molecule has 0 aliphatic carbocycles. The molecule has 5 heavy (non-hydrogen) atoms. The smallest absolute Gasteiger partial charge is 0.0192 e. The molecule has 0 aromatic carbocycles. The van der Waals surface area contributed by atoms with E-state index in [9.17, 15) is 0 Å². The van der Waals surface area contributed by atoms with Crippen molar-refractivity contribution in [3.63, 3.8) is 0 Å². The first kappa shape index (κ1) is 4.21. The Balaban J connectivity index is 2.92. The summed E-state index contributed by atoms with van der Waals surface area (Å²) in [6.07, 6.45) is 3.88. The standard InChI is InChI=1S/C3H6N2/c4-2-1-3-5/h1-4H,5H2/b3-1-,4-2?. The maximum absolute atomic E-state index is 6.31. The Morgan fingerprint density at radius 2 is 2.20 bits per heavy atom. The summed E-state index contributed by atoms with van der Waals surface area (Å²) < 4.78 is 0. The zero-order valence-corrected chi connectivity index (χ0v) is 2.81. The first-order chi connectivity index (χ1) is 2.41. The minimum Gasteiger partial charge on any atom is -0.405 e. The third kappa shape index (κ3) is 3.21. The molecule has 0 heterocycles. The lowest BCUT2D eigenvalue weighted by Crippen LogP contribution is -1.73. The van der Waals surface area contributed by atoms with Crippen LogP contribution in [0.1, 0.15) is 0 Å². The van der Waals surface area contributed by atoms with Crippen molar-refractivity contribution in [2.75, 3.05) is 0 Å². The van der Waals surface area contributed by atoms with Crippen LogP contribution in [-0.4, -0.2) is 6.21 Å². The average molecular weight is 70.1 g/mol. The molecule has 0 radical (unpaired) electrons. The van der Waals surface area contributed by atoms with Gasteiger partial charge in [-0.05, 0) is 12.3 Å². The van der Waals surface area contributed by atoms with Crippen molar-refractivity contribution in [2.45, 2.75) is 0 Å². The Hall–Kier alpha value is -0.790. The van der Waals surface area contributed by atoms with E-state index in [2.05, 4.69) is 0 Å². The van der Waals surface area contributed by atoms with Crippen molar-refractivity contribution in [1.29, 1.82) is 5.41 Å². The second-order valence-corrected chi connectivity index (χ2v) is 0.552. The quantitative estimate of drug-likeness (QED) is 0.422. The fraction of sp³-hybridized carbons (Fsp3) is 0. The molecule has 0 bridgehead atoms. The highest BCUT2D eigenvalue weighted by atomic mass is 14.5. The Bertz CT molecular complexity index is 46.9. The lowest BCUT2D eigenvalue weighted by atomic mass is 10.7. The molecule has 0 amide bonds. The van der Waals surface area contributed by atoms with Gasteiger partial charge >= 0.3 is 0 Å². The fourth-order valence-corrected chi connectivity index (χ4v) is 0.0556. The number of allylic oxidation sites excluding steroid dienone is 1. The van der Waals surface area contributed by atoms with Crippen LogP contribution in [0.3, 0.4) is 0 Å². The fourth-order valence-electron chi connectivity index (χ4n) is 0.0556. The number of nitrogens with two attached hydrogens (primary N) is 1. The van der Waals surface area contributed by atoms with Crippen molar-refractivity contribution in [1.82, 2.24) is 0 Å². The second kappa shape index (κ2) is 3.21. The van der Waals surface area contributed by atoms with E-state index >= 15 is 0 Å². The van der Waals surface area contributed by atoms with E-state index in [1.165, 1.54) is 12.3 Å². The zero-order chi connectivity index (χ0) is 4.12. The van der Waals surface area contributed by atoms with E-state index in [4.69, 9.17) is 11.1 Å². The first-order valence-corrected chi connectivity index (χ1v) is 1.29. The summed E-state index contributed by atoms with van der Waals surface area (Å²) >= 11 is 0. The topological polar surface area (TPSA) is 49.9 Å². The maximum atomic E-state index is 6.31. The maximum Gasteiger partial charge on any atom is 0.0192 e. The molecule has 0 atom stereocenters. The van der Waals surface area contributed by atoms with Crippen LogP contribution in [0.2, 0.25) is 0 Å². The van der Waals surface area contributed by atoms with Gasteiger partial charge in [-0.2, -0.15) is 0 Å². The molecule has 0 aliphatic rings. The van der Waals surface area contributed by atoms with Crippen LogP contribution >= 0.6 is 0 Å². The van der Waals surface area contributed by atoms with Gasteiger partial charge in [0.05, 0.1) is 0 Å². The van der Waals surface area contributed by atoms with Crippen molar-refractivity contribution < 1.29 is 0 Å². The summed E-state index contributed by atoms with van der Waals surface area (Å²) in [7, 11) is 0. The Morgan fingerprint density at radius 1 is 1.60 bits per heavy atom. The largest absolute Gasteiger partial charge is 0.405 e. The van der Waals surface area contributed by atoms with E-state index in [-0.39, 0.29) is 0 Å². The minimum absolute atomic E-state index is 1.12. The minimum atomic E-state index is 1.12. The van der Waals surface area contributed by atoms with Gasteiger partial charge in [0.15, 0.2) is 0 Å². The molecule has 0 fully saturated rings. The Labute approximate surface area is 30.8 Å². The monoisotopic (exact) mass is 70.1 g/mol. The third-order valence-electron chi connectivity index (χ3n) is 0.207. The highest BCUT2D eigenvalue weighted by Crippen LogP contribution is 1.45. The number of hydrogen-bond donors (Lipinski definition) is 2. The molecule has 28 valence electrons. The number of nitrogens with one attached hydrogen (secondary N) is 1. The van der Waals surface area contributed by atoms with Gasteiger partial charge < -0.3 is 11.1 Å². The Morgan fingerprint density at radius 3 is 2.20 bits per heavy atom. The molecule has 0 saturated carbocycles. The van der Waals surface area contributed by atoms with Crippen molar-refractivity contribution in [3.8, 4) is 0 Å². The summed E-state index contributed by atoms with van der Waals surface area (Å²) in [6, 6.07) is 0. The lowest BCUT2D eigenvalue weighted by Gasteiger charge is -1.57. The molecule has 0 aromatic rings. The molecular formula is C3H6N2. The molecule has 2 heteroatoms. The van der Waals surface area contributed by atoms with Gasteiger partial charge in [0.2, 0.25) is 0 Å². The van der Waals surface area contributed by atoms with Crippen LogP contribution in [-0.2, 0) is 0 Å². The molecule has 0 unspecified atom stereocenters. The molecule has 3 N–H and O–H groups in total. The summed E-state index contributed by atoms with van der Waals surface area (Å²) in [4.78, 5) is 0. The molecule has 2 nitrogen and oxygen atoms in total. The summed E-state index contributed by atoms with van der Waals surface area (Å²) in [5.41, 5.74) is 4.81. The normalized spacial score (nSPS) is 8.80. The highest BCUT2D eigenvalue weighted by Gasteiger charge is 1.43. The molecule has 0 aromatic heterocycles.